The molecule has 3 unspecified atom stereocenters. The number of fused-ring (bicyclic) bond motifs is 1. The quantitative estimate of drug-likeness (QED) is 0.857. The standard InChI is InChI=1S/C14H20ClNS/c1-8-7-11(17-14(8)15)13(16-2)12-9-5-3-4-6-10(9)12/h7,9-10,12-13,16H,3-6H2,1-2H3. The smallest absolute Gasteiger partial charge is 0.0960 e. The van der Waals surface area contributed by atoms with E-state index in [1.807, 2.05) is 0 Å². The molecule has 3 rings (SSSR count). The third-order valence-corrected chi connectivity index (χ3v) is 6.24. The van der Waals surface area contributed by atoms with Crippen molar-refractivity contribution in [2.45, 2.75) is 38.6 Å². The second kappa shape index (κ2) is 4.56. The molecule has 2 saturated carbocycles. The zero-order valence-electron chi connectivity index (χ0n) is 10.5. The van der Waals surface area contributed by atoms with E-state index in [0.717, 1.165) is 22.1 Å². The molecule has 0 saturated heterocycles. The molecule has 17 heavy (non-hydrogen) atoms. The molecule has 1 nitrogen and oxygen atoms in total. The van der Waals surface area contributed by atoms with Crippen molar-refractivity contribution >= 4 is 22.9 Å². The van der Waals surface area contributed by atoms with Crippen LogP contribution in [-0.2, 0) is 0 Å². The minimum atomic E-state index is 0.541. The summed E-state index contributed by atoms with van der Waals surface area (Å²) < 4.78 is 0.962. The van der Waals surface area contributed by atoms with E-state index in [1.165, 1.54) is 36.1 Å². The molecule has 3 atom stereocenters. The molecule has 2 aliphatic rings. The van der Waals surface area contributed by atoms with E-state index in [-0.39, 0.29) is 0 Å². The fourth-order valence-corrected chi connectivity index (χ4v) is 5.09. The molecule has 3 heteroatoms. The Morgan fingerprint density at radius 2 is 2.00 bits per heavy atom. The van der Waals surface area contributed by atoms with Crippen LogP contribution in [0.15, 0.2) is 6.07 Å². The minimum Gasteiger partial charge on any atom is -0.312 e. The van der Waals surface area contributed by atoms with Gasteiger partial charge in [0.25, 0.3) is 0 Å². The molecule has 94 valence electrons. The Kier molecular flexibility index (Phi) is 3.22. The average Bonchev–Trinajstić information content (AvgIpc) is 2.95. The number of aryl methyl sites for hydroxylation is 1. The molecule has 1 N–H and O–H groups in total. The highest BCUT2D eigenvalue weighted by molar-refractivity contribution is 7.16. The highest BCUT2D eigenvalue weighted by atomic mass is 35.5. The summed E-state index contributed by atoms with van der Waals surface area (Å²) in [6.07, 6.45) is 5.79. The van der Waals surface area contributed by atoms with Gasteiger partial charge in [0.1, 0.15) is 0 Å². The van der Waals surface area contributed by atoms with Crippen molar-refractivity contribution in [3.05, 3.63) is 20.8 Å². The highest BCUT2D eigenvalue weighted by Crippen LogP contribution is 2.60. The molecule has 2 aliphatic carbocycles. The normalized spacial score (nSPS) is 33.2. The van der Waals surface area contributed by atoms with Crippen LogP contribution in [0.5, 0.6) is 0 Å². The predicted molar refractivity (Wildman–Crippen MR) is 74.8 cm³/mol. The molecule has 0 spiro atoms. The molecule has 0 radical (unpaired) electrons. The van der Waals surface area contributed by atoms with Gasteiger partial charge in [-0.25, -0.2) is 0 Å². The van der Waals surface area contributed by atoms with Gasteiger partial charge in [0.2, 0.25) is 0 Å². The fourth-order valence-electron chi connectivity index (χ4n) is 3.70. The maximum absolute atomic E-state index is 6.20. The zero-order chi connectivity index (χ0) is 12.0. The van der Waals surface area contributed by atoms with Crippen molar-refractivity contribution in [1.29, 1.82) is 0 Å². The molecule has 0 bridgehead atoms. The van der Waals surface area contributed by atoms with Gasteiger partial charge < -0.3 is 5.32 Å². The second-order valence-corrected chi connectivity index (χ2v) is 7.25. The average molecular weight is 270 g/mol. The Morgan fingerprint density at radius 3 is 2.47 bits per heavy atom. The van der Waals surface area contributed by atoms with Crippen molar-refractivity contribution < 1.29 is 0 Å². The number of hydrogen-bond acceptors (Lipinski definition) is 2. The first-order chi connectivity index (χ1) is 8.22. The van der Waals surface area contributed by atoms with Crippen LogP contribution < -0.4 is 5.32 Å². The Morgan fingerprint density at radius 1 is 1.35 bits per heavy atom. The lowest BCUT2D eigenvalue weighted by molar-refractivity contribution is 0.480. The van der Waals surface area contributed by atoms with Gasteiger partial charge in [-0.3, -0.25) is 0 Å². The molecular formula is C14H20ClNS. The highest BCUT2D eigenvalue weighted by Gasteiger charge is 2.54. The fraction of sp³-hybridized carbons (Fsp3) is 0.714. The van der Waals surface area contributed by atoms with Crippen LogP contribution in [0.3, 0.4) is 0 Å². The van der Waals surface area contributed by atoms with Crippen LogP contribution in [0.4, 0.5) is 0 Å². The first kappa shape index (κ1) is 12.0. The summed E-state index contributed by atoms with van der Waals surface area (Å²) in [5.41, 5.74) is 1.23. The molecule has 0 aliphatic heterocycles. The Hall–Kier alpha value is -0.0500. The van der Waals surface area contributed by atoms with E-state index in [0.29, 0.717) is 6.04 Å². The number of thiophene rings is 1. The van der Waals surface area contributed by atoms with Gasteiger partial charge in [-0.05, 0) is 56.2 Å². The predicted octanol–water partition coefficient (Wildman–Crippen LogP) is 4.41. The van der Waals surface area contributed by atoms with E-state index >= 15 is 0 Å². The van der Waals surface area contributed by atoms with E-state index in [2.05, 4.69) is 25.4 Å². The molecule has 1 aromatic rings. The summed E-state index contributed by atoms with van der Waals surface area (Å²) >= 11 is 7.96. The largest absolute Gasteiger partial charge is 0.312 e. The number of halogens is 1. The summed E-state index contributed by atoms with van der Waals surface area (Å²) in [6, 6.07) is 2.82. The van der Waals surface area contributed by atoms with Crippen LogP contribution in [0.2, 0.25) is 4.34 Å². The summed E-state index contributed by atoms with van der Waals surface area (Å²) in [5.74, 6) is 2.85. The first-order valence-corrected chi connectivity index (χ1v) is 7.85. The lowest BCUT2D eigenvalue weighted by Crippen LogP contribution is -2.18. The van der Waals surface area contributed by atoms with Gasteiger partial charge in [0, 0.05) is 10.9 Å². The van der Waals surface area contributed by atoms with Crippen LogP contribution in [-0.4, -0.2) is 7.05 Å². The van der Waals surface area contributed by atoms with Crippen molar-refractivity contribution in [3.63, 3.8) is 0 Å². The lowest BCUT2D eigenvalue weighted by Gasteiger charge is -2.14. The molecular weight excluding hydrogens is 250 g/mol. The van der Waals surface area contributed by atoms with Gasteiger partial charge in [-0.1, -0.05) is 24.4 Å². The van der Waals surface area contributed by atoms with Gasteiger partial charge in [0.15, 0.2) is 0 Å². The van der Waals surface area contributed by atoms with Crippen LogP contribution in [0, 0.1) is 24.7 Å². The molecule has 1 aromatic heterocycles. The maximum atomic E-state index is 6.20. The number of nitrogens with one attached hydrogen (secondary N) is 1. The topological polar surface area (TPSA) is 12.0 Å². The van der Waals surface area contributed by atoms with E-state index in [1.54, 1.807) is 11.3 Å². The lowest BCUT2D eigenvalue weighted by atomic mass is 10.0. The maximum Gasteiger partial charge on any atom is 0.0960 e. The van der Waals surface area contributed by atoms with E-state index in [9.17, 15) is 0 Å². The van der Waals surface area contributed by atoms with Crippen LogP contribution in [0.1, 0.15) is 42.2 Å². The van der Waals surface area contributed by atoms with Crippen LogP contribution >= 0.6 is 22.9 Å². The number of hydrogen-bond donors (Lipinski definition) is 1. The second-order valence-electron chi connectivity index (χ2n) is 5.56. The summed E-state index contributed by atoms with van der Waals surface area (Å²) in [5, 5.41) is 3.53. The first-order valence-electron chi connectivity index (χ1n) is 6.65. The minimum absolute atomic E-state index is 0.541. The summed E-state index contributed by atoms with van der Waals surface area (Å²) in [4.78, 5) is 1.44. The van der Waals surface area contributed by atoms with Gasteiger partial charge >= 0.3 is 0 Å². The van der Waals surface area contributed by atoms with Gasteiger partial charge in [-0.15, -0.1) is 11.3 Å². The Balaban J connectivity index is 1.80. The van der Waals surface area contributed by atoms with Crippen molar-refractivity contribution in [2.75, 3.05) is 7.05 Å². The number of rotatable bonds is 3. The van der Waals surface area contributed by atoms with E-state index in [4.69, 9.17) is 11.6 Å². The zero-order valence-corrected chi connectivity index (χ0v) is 12.1. The summed E-state index contributed by atoms with van der Waals surface area (Å²) in [7, 11) is 2.10. The Labute approximate surface area is 113 Å². The van der Waals surface area contributed by atoms with Crippen molar-refractivity contribution in [1.82, 2.24) is 5.32 Å². The SMILES string of the molecule is CNC(c1cc(C)c(Cl)s1)C1C2CCCCC21. The molecule has 0 amide bonds. The third kappa shape index (κ3) is 2.05. The van der Waals surface area contributed by atoms with Gasteiger partial charge in [-0.2, -0.15) is 0 Å². The van der Waals surface area contributed by atoms with Crippen molar-refractivity contribution in [3.8, 4) is 0 Å². The monoisotopic (exact) mass is 269 g/mol. The van der Waals surface area contributed by atoms with E-state index < -0.39 is 0 Å². The Bertz CT molecular complexity index is 383. The summed E-state index contributed by atoms with van der Waals surface area (Å²) in [6.45, 7) is 2.11. The third-order valence-electron chi connectivity index (χ3n) is 4.60. The van der Waals surface area contributed by atoms with Crippen molar-refractivity contribution in [2.24, 2.45) is 17.8 Å². The van der Waals surface area contributed by atoms with Crippen LogP contribution in [0.25, 0.3) is 0 Å². The molecule has 1 heterocycles. The molecule has 0 aromatic carbocycles. The van der Waals surface area contributed by atoms with Gasteiger partial charge in [0.05, 0.1) is 4.34 Å². The molecule has 2 fully saturated rings.